The molecule has 1 aromatic rings. The summed E-state index contributed by atoms with van der Waals surface area (Å²) in [5.74, 6) is -0.997. The molecule has 18 heavy (non-hydrogen) atoms. The van der Waals surface area contributed by atoms with E-state index in [0.717, 1.165) is 7.11 Å². The second-order valence-corrected chi connectivity index (χ2v) is 3.00. The van der Waals surface area contributed by atoms with Crippen LogP contribution >= 0.6 is 0 Å². The summed E-state index contributed by atoms with van der Waals surface area (Å²) < 4.78 is 67.4. The van der Waals surface area contributed by atoms with E-state index in [1.165, 1.54) is 0 Å². The van der Waals surface area contributed by atoms with Crippen molar-refractivity contribution in [2.45, 2.75) is 12.6 Å². The first-order valence-electron chi connectivity index (χ1n) is 4.26. The van der Waals surface area contributed by atoms with Crippen LogP contribution in [0.5, 0.6) is 5.88 Å². The molecule has 0 atom stereocenters. The lowest BCUT2D eigenvalue weighted by atomic mass is 10.1. The van der Waals surface area contributed by atoms with Crippen molar-refractivity contribution in [2.75, 3.05) is 7.11 Å². The third-order valence-corrected chi connectivity index (χ3v) is 1.95. The number of methoxy groups -OCH3 is 1. The van der Waals surface area contributed by atoms with Crippen LogP contribution in [0.1, 0.15) is 17.6 Å². The van der Waals surface area contributed by atoms with Crippen LogP contribution in [-0.2, 0) is 6.18 Å². The molecule has 1 aromatic heterocycles. The minimum atomic E-state index is -5.32. The fraction of sp³-hybridized carbons (Fsp3) is 0.375. The predicted octanol–water partition coefficient (Wildman–Crippen LogP) is 2.95. The topological polar surface area (TPSA) is 65.3 Å². The summed E-state index contributed by atoms with van der Waals surface area (Å²) in [5, 5.41) is 10.4. The first-order valence-corrected chi connectivity index (χ1v) is 4.26. The summed E-state index contributed by atoms with van der Waals surface area (Å²) >= 11 is 0. The average molecular weight is 272 g/mol. The van der Waals surface area contributed by atoms with E-state index in [1.54, 1.807) is 0 Å². The number of hydrogen-bond acceptors (Lipinski definition) is 4. The van der Waals surface area contributed by atoms with Crippen molar-refractivity contribution < 1.29 is 31.6 Å². The molecule has 0 aromatic carbocycles. The molecular weight excluding hydrogens is 267 g/mol. The zero-order valence-electron chi connectivity index (χ0n) is 8.66. The monoisotopic (exact) mass is 272 g/mol. The molecule has 0 aliphatic rings. The number of halogens is 5. The molecule has 0 saturated heterocycles. The number of nitrogens with zero attached hydrogens (tertiary/aromatic N) is 2. The number of aromatic nitrogens is 1. The Kier molecular flexibility index (Phi) is 3.67. The molecule has 0 N–H and O–H groups in total. The van der Waals surface area contributed by atoms with Gasteiger partial charge in [-0.3, -0.25) is 10.1 Å². The number of pyridine rings is 1. The molecule has 0 fully saturated rings. The van der Waals surface area contributed by atoms with E-state index < -0.39 is 40.2 Å². The number of nitro groups is 1. The Bertz CT molecular complexity index is 475. The highest BCUT2D eigenvalue weighted by Crippen LogP contribution is 2.44. The molecule has 0 radical (unpaired) electrons. The normalized spacial score (nSPS) is 11.7. The molecule has 5 nitrogen and oxygen atoms in total. The lowest BCUT2D eigenvalue weighted by Gasteiger charge is -2.14. The van der Waals surface area contributed by atoms with Gasteiger partial charge in [-0.2, -0.15) is 13.2 Å². The van der Waals surface area contributed by atoms with E-state index in [2.05, 4.69) is 9.72 Å². The van der Waals surface area contributed by atoms with Gasteiger partial charge in [0, 0.05) is 0 Å². The van der Waals surface area contributed by atoms with E-state index >= 15 is 0 Å². The Morgan fingerprint density at radius 1 is 1.44 bits per heavy atom. The zero-order chi connectivity index (χ0) is 14.1. The van der Waals surface area contributed by atoms with E-state index in [9.17, 15) is 32.1 Å². The van der Waals surface area contributed by atoms with E-state index in [4.69, 9.17) is 0 Å². The molecule has 0 bridgehead atoms. The number of ether oxygens (including phenoxy) is 1. The summed E-state index contributed by atoms with van der Waals surface area (Å²) in [6, 6.07) is 0. The lowest BCUT2D eigenvalue weighted by molar-refractivity contribution is -0.388. The maximum Gasteiger partial charge on any atom is 0.423 e. The van der Waals surface area contributed by atoms with Gasteiger partial charge in [-0.15, -0.1) is 0 Å². The smallest absolute Gasteiger partial charge is 0.423 e. The highest BCUT2D eigenvalue weighted by molar-refractivity contribution is 5.50. The Morgan fingerprint density at radius 3 is 2.33 bits per heavy atom. The summed E-state index contributed by atoms with van der Waals surface area (Å²) in [6.45, 7) is 0. The molecular formula is C8H5F5N2O3. The molecule has 10 heteroatoms. The van der Waals surface area contributed by atoms with Crippen LogP contribution in [0.25, 0.3) is 0 Å². The highest BCUT2D eigenvalue weighted by atomic mass is 19.4. The van der Waals surface area contributed by atoms with Crippen LogP contribution in [0, 0.1) is 10.1 Å². The Labute approximate surface area is 96.3 Å². The van der Waals surface area contributed by atoms with Crippen molar-refractivity contribution in [1.82, 2.24) is 4.98 Å². The van der Waals surface area contributed by atoms with Gasteiger partial charge in [0.15, 0.2) is 0 Å². The van der Waals surface area contributed by atoms with Gasteiger partial charge in [0.05, 0.1) is 17.6 Å². The van der Waals surface area contributed by atoms with Crippen LogP contribution < -0.4 is 4.74 Å². The maximum absolute atomic E-state index is 12.6. The van der Waals surface area contributed by atoms with Crippen molar-refractivity contribution in [3.63, 3.8) is 0 Å². The van der Waals surface area contributed by atoms with Crippen molar-refractivity contribution in [1.29, 1.82) is 0 Å². The van der Waals surface area contributed by atoms with Gasteiger partial charge in [-0.25, -0.2) is 13.8 Å². The summed E-state index contributed by atoms with van der Waals surface area (Å²) in [7, 11) is 0.834. The van der Waals surface area contributed by atoms with E-state index in [1.807, 2.05) is 0 Å². The molecule has 0 unspecified atom stereocenters. The number of alkyl halides is 5. The Morgan fingerprint density at radius 2 is 2.00 bits per heavy atom. The summed E-state index contributed by atoms with van der Waals surface area (Å²) in [6.07, 6.45) is -8.69. The second kappa shape index (κ2) is 4.70. The van der Waals surface area contributed by atoms with Crippen LogP contribution in [-0.4, -0.2) is 17.0 Å². The van der Waals surface area contributed by atoms with Crippen molar-refractivity contribution >= 4 is 5.69 Å². The Hall–Kier alpha value is -2.00. The predicted molar refractivity (Wildman–Crippen MR) is 47.4 cm³/mol. The third-order valence-electron chi connectivity index (χ3n) is 1.95. The third kappa shape index (κ3) is 2.46. The Balaban J connectivity index is 3.71. The van der Waals surface area contributed by atoms with Crippen LogP contribution in [0.4, 0.5) is 27.6 Å². The van der Waals surface area contributed by atoms with Gasteiger partial charge in [0.1, 0.15) is 11.8 Å². The summed E-state index contributed by atoms with van der Waals surface area (Å²) in [4.78, 5) is 12.1. The molecule has 0 amide bonds. The van der Waals surface area contributed by atoms with Gasteiger partial charge < -0.3 is 4.74 Å². The largest absolute Gasteiger partial charge is 0.481 e. The van der Waals surface area contributed by atoms with Gasteiger partial charge >= 0.3 is 11.9 Å². The van der Waals surface area contributed by atoms with Gasteiger partial charge in [0.25, 0.3) is 6.43 Å². The van der Waals surface area contributed by atoms with Crippen LogP contribution in [0.15, 0.2) is 6.20 Å². The first-order chi connectivity index (χ1) is 8.20. The minimum Gasteiger partial charge on any atom is -0.481 e. The first kappa shape index (κ1) is 14.1. The van der Waals surface area contributed by atoms with Crippen molar-refractivity contribution in [3.8, 4) is 5.88 Å². The van der Waals surface area contributed by atoms with Gasteiger partial charge in [-0.1, -0.05) is 0 Å². The molecule has 1 rings (SSSR count). The maximum atomic E-state index is 12.6. The quantitative estimate of drug-likeness (QED) is 0.482. The average Bonchev–Trinajstić information content (AvgIpc) is 2.25. The molecule has 100 valence electrons. The van der Waals surface area contributed by atoms with Crippen molar-refractivity contribution in [3.05, 3.63) is 27.4 Å². The highest BCUT2D eigenvalue weighted by Gasteiger charge is 2.45. The number of hydrogen-bond donors (Lipinski definition) is 0. The standard InChI is InChI=1S/C8H5F5N2O3/c1-18-7-4(6(9)10)5(8(11,12)13)3(2-14-7)15(16)17/h2,6H,1H3. The summed E-state index contributed by atoms with van der Waals surface area (Å²) in [5.41, 5.74) is -5.23. The molecule has 0 aliphatic heterocycles. The van der Waals surface area contributed by atoms with Gasteiger partial charge in [0.2, 0.25) is 5.88 Å². The second-order valence-electron chi connectivity index (χ2n) is 3.00. The fourth-order valence-corrected chi connectivity index (χ4v) is 1.30. The molecule has 1 heterocycles. The molecule has 0 saturated carbocycles. The minimum absolute atomic E-state index is 0.230. The SMILES string of the molecule is COc1ncc([N+](=O)[O-])c(C(F)(F)F)c1C(F)F. The fourth-order valence-electron chi connectivity index (χ4n) is 1.30. The van der Waals surface area contributed by atoms with Crippen LogP contribution in [0.3, 0.4) is 0 Å². The molecule has 0 spiro atoms. The van der Waals surface area contributed by atoms with E-state index in [0.29, 0.717) is 0 Å². The van der Waals surface area contributed by atoms with Crippen LogP contribution in [0.2, 0.25) is 0 Å². The van der Waals surface area contributed by atoms with Crippen molar-refractivity contribution in [2.24, 2.45) is 0 Å². The van der Waals surface area contributed by atoms with E-state index in [-0.39, 0.29) is 6.20 Å². The molecule has 0 aliphatic carbocycles. The number of rotatable bonds is 3. The van der Waals surface area contributed by atoms with Gasteiger partial charge in [-0.05, 0) is 0 Å². The lowest BCUT2D eigenvalue weighted by Crippen LogP contribution is -2.15. The zero-order valence-corrected chi connectivity index (χ0v) is 8.66.